The fraction of sp³-hybridized carbons (Fsp3) is 0.235. The molecule has 3 nitrogen and oxygen atoms in total. The number of hydrogen-bond acceptors (Lipinski definition) is 3. The molecule has 4 heteroatoms. The minimum atomic E-state index is -0.0270. The summed E-state index contributed by atoms with van der Waals surface area (Å²) in [5.74, 6) is 1.96. The Balaban J connectivity index is 2.09. The van der Waals surface area contributed by atoms with Crippen molar-refractivity contribution in [2.45, 2.75) is 20.3 Å². The van der Waals surface area contributed by atoms with Gasteiger partial charge in [0, 0.05) is 5.56 Å². The second kappa shape index (κ2) is 7.14. The predicted octanol–water partition coefficient (Wildman–Crippen LogP) is 5.12. The lowest BCUT2D eigenvalue weighted by Gasteiger charge is -2.09. The van der Waals surface area contributed by atoms with Gasteiger partial charge in [0.1, 0.15) is 17.2 Å². The normalized spacial score (nSPS) is 10.2. The molecule has 0 bridgehead atoms. The summed E-state index contributed by atoms with van der Waals surface area (Å²) < 4.78 is 11.2. The Morgan fingerprint density at radius 3 is 2.33 bits per heavy atom. The molecule has 0 heterocycles. The molecule has 0 aliphatic heterocycles. The van der Waals surface area contributed by atoms with Crippen molar-refractivity contribution in [3.63, 3.8) is 0 Å². The van der Waals surface area contributed by atoms with E-state index in [0.29, 0.717) is 28.7 Å². The van der Waals surface area contributed by atoms with Gasteiger partial charge in [-0.3, -0.25) is 4.79 Å². The van der Waals surface area contributed by atoms with Crippen LogP contribution in [0.2, 0.25) is 5.02 Å². The van der Waals surface area contributed by atoms with Crippen LogP contribution >= 0.6 is 11.6 Å². The van der Waals surface area contributed by atoms with Crippen molar-refractivity contribution in [2.75, 3.05) is 6.61 Å². The van der Waals surface area contributed by atoms with E-state index in [2.05, 4.69) is 6.92 Å². The molecule has 0 amide bonds. The van der Waals surface area contributed by atoms with Crippen LogP contribution < -0.4 is 9.47 Å². The summed E-state index contributed by atoms with van der Waals surface area (Å²) in [4.78, 5) is 11.3. The van der Waals surface area contributed by atoms with Gasteiger partial charge in [-0.15, -0.1) is 0 Å². The van der Waals surface area contributed by atoms with Crippen molar-refractivity contribution in [3.8, 4) is 17.2 Å². The van der Waals surface area contributed by atoms with Gasteiger partial charge in [0.2, 0.25) is 0 Å². The first-order chi connectivity index (χ1) is 10.1. The minimum absolute atomic E-state index is 0.0270. The molecular weight excluding hydrogens is 288 g/mol. The van der Waals surface area contributed by atoms with Gasteiger partial charge in [-0.1, -0.05) is 18.5 Å². The third kappa shape index (κ3) is 4.23. The Hall–Kier alpha value is -2.00. The molecule has 0 unspecified atom stereocenters. The maximum atomic E-state index is 11.3. The average Bonchev–Trinajstić information content (AvgIpc) is 2.48. The largest absolute Gasteiger partial charge is 0.494 e. The quantitative estimate of drug-likeness (QED) is 0.694. The summed E-state index contributed by atoms with van der Waals surface area (Å²) in [6.45, 7) is 4.25. The van der Waals surface area contributed by atoms with Crippen LogP contribution in [0.15, 0.2) is 42.5 Å². The van der Waals surface area contributed by atoms with Crippen LogP contribution in [0.5, 0.6) is 17.2 Å². The Labute approximate surface area is 129 Å². The van der Waals surface area contributed by atoms with Crippen molar-refractivity contribution in [2.24, 2.45) is 0 Å². The second-order valence-corrected chi connectivity index (χ2v) is 5.03. The van der Waals surface area contributed by atoms with Crippen LogP contribution in [-0.2, 0) is 0 Å². The summed E-state index contributed by atoms with van der Waals surface area (Å²) in [6, 6.07) is 12.3. The molecule has 0 saturated heterocycles. The number of ether oxygens (including phenoxy) is 2. The standard InChI is InChI=1S/C17H17ClO3/c1-3-10-20-14-5-7-15(8-6-14)21-17-9-4-13(12(2)19)11-16(17)18/h4-9,11H,3,10H2,1-2H3. The van der Waals surface area contributed by atoms with Crippen LogP contribution in [0.1, 0.15) is 30.6 Å². The van der Waals surface area contributed by atoms with E-state index in [1.807, 2.05) is 24.3 Å². The zero-order chi connectivity index (χ0) is 15.2. The molecule has 0 saturated carbocycles. The summed E-state index contributed by atoms with van der Waals surface area (Å²) in [7, 11) is 0. The molecule has 0 aliphatic rings. The van der Waals surface area contributed by atoms with Gasteiger partial charge in [-0.05, 0) is 55.8 Å². The molecular formula is C17H17ClO3. The summed E-state index contributed by atoms with van der Waals surface area (Å²) >= 11 is 6.12. The Kier molecular flexibility index (Phi) is 5.23. The van der Waals surface area contributed by atoms with E-state index in [1.54, 1.807) is 18.2 Å². The average molecular weight is 305 g/mol. The van der Waals surface area contributed by atoms with Crippen LogP contribution in [0, 0.1) is 0 Å². The molecule has 0 spiro atoms. The van der Waals surface area contributed by atoms with E-state index in [4.69, 9.17) is 21.1 Å². The number of ketones is 1. The van der Waals surface area contributed by atoms with Gasteiger partial charge in [0.05, 0.1) is 11.6 Å². The van der Waals surface area contributed by atoms with Crippen LogP contribution in [-0.4, -0.2) is 12.4 Å². The van der Waals surface area contributed by atoms with Gasteiger partial charge in [0.15, 0.2) is 5.78 Å². The lowest BCUT2D eigenvalue weighted by molar-refractivity contribution is 0.101. The first-order valence-electron chi connectivity index (χ1n) is 6.81. The molecule has 0 atom stereocenters. The molecule has 2 rings (SSSR count). The zero-order valence-electron chi connectivity index (χ0n) is 12.1. The van der Waals surface area contributed by atoms with E-state index in [1.165, 1.54) is 6.92 Å². The molecule has 0 fully saturated rings. The summed E-state index contributed by atoms with van der Waals surface area (Å²) in [6.07, 6.45) is 0.969. The molecule has 2 aromatic carbocycles. The van der Waals surface area contributed by atoms with E-state index in [-0.39, 0.29) is 5.78 Å². The highest BCUT2D eigenvalue weighted by Gasteiger charge is 2.07. The van der Waals surface area contributed by atoms with Crippen molar-refractivity contribution in [3.05, 3.63) is 53.1 Å². The summed E-state index contributed by atoms with van der Waals surface area (Å²) in [5, 5.41) is 0.411. The number of benzene rings is 2. The Morgan fingerprint density at radius 2 is 1.76 bits per heavy atom. The number of halogens is 1. The van der Waals surface area contributed by atoms with Crippen molar-refractivity contribution < 1.29 is 14.3 Å². The number of Topliss-reactive ketones (excluding diaryl/α,β-unsaturated/α-hetero) is 1. The van der Waals surface area contributed by atoms with E-state index in [0.717, 1.165) is 12.2 Å². The topological polar surface area (TPSA) is 35.5 Å². The first kappa shape index (κ1) is 15.4. The van der Waals surface area contributed by atoms with E-state index < -0.39 is 0 Å². The molecule has 2 aromatic rings. The number of carbonyl (C=O) groups is 1. The zero-order valence-corrected chi connectivity index (χ0v) is 12.8. The van der Waals surface area contributed by atoms with Crippen molar-refractivity contribution in [1.82, 2.24) is 0 Å². The highest BCUT2D eigenvalue weighted by molar-refractivity contribution is 6.32. The molecule has 21 heavy (non-hydrogen) atoms. The first-order valence-corrected chi connectivity index (χ1v) is 7.19. The lowest BCUT2D eigenvalue weighted by atomic mass is 10.1. The van der Waals surface area contributed by atoms with Crippen molar-refractivity contribution >= 4 is 17.4 Å². The minimum Gasteiger partial charge on any atom is -0.494 e. The van der Waals surface area contributed by atoms with Gasteiger partial charge in [-0.25, -0.2) is 0 Å². The highest BCUT2D eigenvalue weighted by Crippen LogP contribution is 2.31. The second-order valence-electron chi connectivity index (χ2n) is 4.62. The van der Waals surface area contributed by atoms with Gasteiger partial charge in [0.25, 0.3) is 0 Å². The van der Waals surface area contributed by atoms with E-state index in [9.17, 15) is 4.79 Å². The predicted molar refractivity (Wildman–Crippen MR) is 83.8 cm³/mol. The molecule has 0 aromatic heterocycles. The number of rotatable bonds is 6. The van der Waals surface area contributed by atoms with Crippen molar-refractivity contribution in [1.29, 1.82) is 0 Å². The number of carbonyl (C=O) groups excluding carboxylic acids is 1. The van der Waals surface area contributed by atoms with E-state index >= 15 is 0 Å². The lowest BCUT2D eigenvalue weighted by Crippen LogP contribution is -1.95. The Morgan fingerprint density at radius 1 is 1.10 bits per heavy atom. The monoisotopic (exact) mass is 304 g/mol. The van der Waals surface area contributed by atoms with Gasteiger partial charge in [-0.2, -0.15) is 0 Å². The maximum Gasteiger partial charge on any atom is 0.159 e. The third-order valence-corrected chi connectivity index (χ3v) is 3.16. The SMILES string of the molecule is CCCOc1ccc(Oc2ccc(C(C)=O)cc2Cl)cc1. The fourth-order valence-corrected chi connectivity index (χ4v) is 1.97. The van der Waals surface area contributed by atoms with Crippen LogP contribution in [0.3, 0.4) is 0 Å². The van der Waals surface area contributed by atoms with Crippen LogP contribution in [0.25, 0.3) is 0 Å². The smallest absolute Gasteiger partial charge is 0.159 e. The highest BCUT2D eigenvalue weighted by atomic mass is 35.5. The van der Waals surface area contributed by atoms with Gasteiger partial charge >= 0.3 is 0 Å². The molecule has 0 radical (unpaired) electrons. The van der Waals surface area contributed by atoms with Crippen LogP contribution in [0.4, 0.5) is 0 Å². The molecule has 0 aliphatic carbocycles. The Bertz CT molecular complexity index is 620. The van der Waals surface area contributed by atoms with Gasteiger partial charge < -0.3 is 9.47 Å². The maximum absolute atomic E-state index is 11.3. The molecule has 110 valence electrons. The molecule has 0 N–H and O–H groups in total. The third-order valence-electron chi connectivity index (χ3n) is 2.86. The fourth-order valence-electron chi connectivity index (χ4n) is 1.75. The summed E-state index contributed by atoms with van der Waals surface area (Å²) in [5.41, 5.74) is 0.565. The number of hydrogen-bond donors (Lipinski definition) is 0.